The smallest absolute Gasteiger partial charge is 0.169 e. The van der Waals surface area contributed by atoms with Gasteiger partial charge < -0.3 is 9.47 Å². The Kier molecular flexibility index (Phi) is 6.12. The monoisotopic (exact) mass is 365 g/mol. The molecule has 0 aliphatic rings. The van der Waals surface area contributed by atoms with E-state index in [0.29, 0.717) is 0 Å². The molecule has 4 nitrogen and oxygen atoms in total. The van der Waals surface area contributed by atoms with Gasteiger partial charge in [-0.2, -0.15) is 0 Å². The van der Waals surface area contributed by atoms with Crippen molar-refractivity contribution in [2.24, 2.45) is 7.05 Å². The average molecular weight is 366 g/mol. The molecule has 3 aromatic rings. The Bertz CT molecular complexity index is 848. The van der Waals surface area contributed by atoms with E-state index in [1.165, 1.54) is 16.8 Å². The number of anilines is 1. The maximum Gasteiger partial charge on any atom is 0.169 e. The van der Waals surface area contributed by atoms with Crippen molar-refractivity contribution in [3.63, 3.8) is 0 Å². The van der Waals surface area contributed by atoms with E-state index in [-0.39, 0.29) is 0 Å². The largest absolute Gasteiger partial charge is 0.378 e. The summed E-state index contributed by atoms with van der Waals surface area (Å²) < 4.78 is 4.26. The van der Waals surface area contributed by atoms with E-state index in [1.807, 2.05) is 24.0 Å². The van der Waals surface area contributed by atoms with Crippen molar-refractivity contribution in [2.75, 3.05) is 24.7 Å². The molecule has 1 aromatic carbocycles. The first-order chi connectivity index (χ1) is 12.6. The van der Waals surface area contributed by atoms with E-state index in [4.69, 9.17) is 0 Å². The number of aromatic nitrogens is 3. The lowest BCUT2D eigenvalue weighted by Crippen LogP contribution is -2.33. The quantitative estimate of drug-likeness (QED) is 0.471. The molecular weight excluding hydrogens is 340 g/mol. The minimum Gasteiger partial charge on any atom is -0.378 e. The number of nitrogens with zero attached hydrogens (tertiary/aromatic N) is 4. The molecule has 0 radical (unpaired) electrons. The molecule has 2 aromatic heterocycles. The van der Waals surface area contributed by atoms with Gasteiger partial charge in [0.05, 0.1) is 5.75 Å². The van der Waals surface area contributed by atoms with Gasteiger partial charge in [0.15, 0.2) is 24.1 Å². The van der Waals surface area contributed by atoms with Gasteiger partial charge in [0.2, 0.25) is 0 Å². The summed E-state index contributed by atoms with van der Waals surface area (Å²) in [6.07, 6.45) is 12.4. The molecule has 134 valence electrons. The third kappa shape index (κ3) is 4.99. The predicted octanol–water partition coefficient (Wildman–Crippen LogP) is 3.74. The van der Waals surface area contributed by atoms with Crippen LogP contribution in [-0.4, -0.2) is 29.4 Å². The molecule has 5 heteroatoms. The first-order valence-corrected chi connectivity index (χ1v) is 9.65. The van der Waals surface area contributed by atoms with Crippen LogP contribution in [0.15, 0.2) is 66.3 Å². The number of thioether (sulfide) groups is 1. The molecule has 0 N–H and O–H groups in total. The van der Waals surface area contributed by atoms with Crippen molar-refractivity contribution >= 4 is 29.6 Å². The lowest BCUT2D eigenvalue weighted by atomic mass is 10.1. The van der Waals surface area contributed by atoms with Gasteiger partial charge in [-0.15, -0.1) is 0 Å². The van der Waals surface area contributed by atoms with Crippen LogP contribution >= 0.6 is 11.8 Å². The molecule has 0 atom stereocenters. The van der Waals surface area contributed by atoms with Crippen LogP contribution in [0.5, 0.6) is 0 Å². The molecule has 2 heterocycles. The van der Waals surface area contributed by atoms with Gasteiger partial charge in [0.1, 0.15) is 0 Å². The molecule has 0 spiro atoms. The summed E-state index contributed by atoms with van der Waals surface area (Å²) in [7, 11) is 6.13. The lowest BCUT2D eigenvalue weighted by molar-refractivity contribution is -0.692. The Morgan fingerprint density at radius 1 is 1.04 bits per heavy atom. The lowest BCUT2D eigenvalue weighted by Gasteiger charge is -2.11. The minimum absolute atomic E-state index is 0.966. The molecular formula is C21H25N4S+. The summed E-state index contributed by atoms with van der Waals surface area (Å²) in [5.74, 6) is 1.00. The van der Waals surface area contributed by atoms with Crippen molar-refractivity contribution in [1.29, 1.82) is 0 Å². The Morgan fingerprint density at radius 2 is 1.69 bits per heavy atom. The van der Waals surface area contributed by atoms with E-state index in [0.717, 1.165) is 17.5 Å². The van der Waals surface area contributed by atoms with E-state index in [2.05, 4.69) is 89.5 Å². The fourth-order valence-corrected chi connectivity index (χ4v) is 3.42. The van der Waals surface area contributed by atoms with Crippen LogP contribution in [0.1, 0.15) is 11.1 Å². The van der Waals surface area contributed by atoms with Gasteiger partial charge in [-0.1, -0.05) is 36.0 Å². The van der Waals surface area contributed by atoms with Crippen molar-refractivity contribution < 1.29 is 4.57 Å². The molecule has 0 unspecified atom stereocenters. The van der Waals surface area contributed by atoms with E-state index in [1.54, 1.807) is 11.8 Å². The number of pyridine rings is 1. The van der Waals surface area contributed by atoms with Crippen LogP contribution in [0.2, 0.25) is 0 Å². The third-order valence-corrected chi connectivity index (χ3v) is 5.19. The molecule has 0 aliphatic heterocycles. The summed E-state index contributed by atoms with van der Waals surface area (Å²) in [6, 6.07) is 12.9. The second-order valence-electron chi connectivity index (χ2n) is 6.36. The molecule has 26 heavy (non-hydrogen) atoms. The number of aryl methyl sites for hydroxylation is 2. The van der Waals surface area contributed by atoms with Crippen LogP contribution in [0.25, 0.3) is 12.2 Å². The fourth-order valence-electron chi connectivity index (χ4n) is 2.54. The number of hydrogen-bond donors (Lipinski definition) is 0. The summed E-state index contributed by atoms with van der Waals surface area (Å²) in [4.78, 5) is 6.44. The Labute approximate surface area is 159 Å². The topological polar surface area (TPSA) is 24.9 Å². The molecule has 0 saturated carbocycles. The fraction of sp³-hybridized carbons (Fsp3) is 0.238. The maximum atomic E-state index is 4.33. The van der Waals surface area contributed by atoms with Gasteiger partial charge in [-0.3, -0.25) is 0 Å². The standard InChI is InChI=1S/C21H25N4S/c1-23(2)20-8-6-18(7-9-20)4-5-19-10-13-25(14-11-19)16-17-26-21-22-12-15-24(21)3/h4-15H,16-17H2,1-3H3/q+1. The van der Waals surface area contributed by atoms with E-state index < -0.39 is 0 Å². The summed E-state index contributed by atoms with van der Waals surface area (Å²) >= 11 is 1.78. The second-order valence-corrected chi connectivity index (χ2v) is 7.42. The number of imidazole rings is 1. The predicted molar refractivity (Wildman–Crippen MR) is 110 cm³/mol. The van der Waals surface area contributed by atoms with E-state index >= 15 is 0 Å². The van der Waals surface area contributed by atoms with Crippen LogP contribution in [-0.2, 0) is 13.6 Å². The molecule has 0 aliphatic carbocycles. The summed E-state index contributed by atoms with van der Waals surface area (Å²) in [6.45, 7) is 0.966. The zero-order valence-corrected chi connectivity index (χ0v) is 16.4. The van der Waals surface area contributed by atoms with Gasteiger partial charge in [-0.25, -0.2) is 9.55 Å². The highest BCUT2D eigenvalue weighted by Gasteiger charge is 2.04. The van der Waals surface area contributed by atoms with Gasteiger partial charge in [0.25, 0.3) is 0 Å². The maximum absolute atomic E-state index is 4.33. The second kappa shape index (κ2) is 8.72. The van der Waals surface area contributed by atoms with Gasteiger partial charge in [-0.05, 0) is 23.3 Å². The highest BCUT2D eigenvalue weighted by Crippen LogP contribution is 2.15. The van der Waals surface area contributed by atoms with Crippen LogP contribution in [0.4, 0.5) is 5.69 Å². The zero-order chi connectivity index (χ0) is 18.4. The van der Waals surface area contributed by atoms with Crippen molar-refractivity contribution in [1.82, 2.24) is 9.55 Å². The first kappa shape index (κ1) is 18.3. The normalized spacial score (nSPS) is 11.2. The van der Waals surface area contributed by atoms with Gasteiger partial charge >= 0.3 is 0 Å². The number of rotatable bonds is 7. The van der Waals surface area contributed by atoms with Crippen LogP contribution in [0, 0.1) is 0 Å². The molecule has 0 saturated heterocycles. The molecule has 0 fully saturated rings. The van der Waals surface area contributed by atoms with E-state index in [9.17, 15) is 0 Å². The molecule has 0 amide bonds. The zero-order valence-electron chi connectivity index (χ0n) is 15.5. The first-order valence-electron chi connectivity index (χ1n) is 8.66. The summed E-state index contributed by atoms with van der Waals surface area (Å²) in [5.41, 5.74) is 3.62. The third-order valence-electron chi connectivity index (χ3n) is 4.15. The minimum atomic E-state index is 0.966. The molecule has 0 bridgehead atoms. The van der Waals surface area contributed by atoms with Gasteiger partial charge in [0, 0.05) is 51.4 Å². The highest BCUT2D eigenvalue weighted by molar-refractivity contribution is 7.99. The summed E-state index contributed by atoms with van der Waals surface area (Å²) in [5, 5.41) is 1.06. The Balaban J connectivity index is 1.53. The van der Waals surface area contributed by atoms with Crippen molar-refractivity contribution in [3.8, 4) is 0 Å². The van der Waals surface area contributed by atoms with Crippen LogP contribution in [0.3, 0.4) is 0 Å². The molecule has 3 rings (SSSR count). The highest BCUT2D eigenvalue weighted by atomic mass is 32.2. The average Bonchev–Trinajstić information content (AvgIpc) is 3.06. The Hall–Kier alpha value is -2.53. The SMILES string of the molecule is CN(C)c1ccc(/C=C/c2cc[n+](CCSc3nccn3C)cc2)cc1. The number of hydrogen-bond acceptors (Lipinski definition) is 3. The number of benzene rings is 1. The van der Waals surface area contributed by atoms with Crippen LogP contribution < -0.4 is 9.47 Å². The van der Waals surface area contributed by atoms with Crippen molar-refractivity contribution in [3.05, 3.63) is 72.3 Å². The Morgan fingerprint density at radius 3 is 2.27 bits per heavy atom. The van der Waals surface area contributed by atoms with Crippen molar-refractivity contribution in [2.45, 2.75) is 11.7 Å².